The van der Waals surface area contributed by atoms with Gasteiger partial charge in [0.15, 0.2) is 0 Å². The van der Waals surface area contributed by atoms with Crippen LogP contribution in [0.1, 0.15) is 25.8 Å². The Morgan fingerprint density at radius 1 is 1.33 bits per heavy atom. The number of hydrogen-bond acceptors (Lipinski definition) is 4. The maximum atomic E-state index is 11.5. The average Bonchev–Trinajstić information content (AvgIpc) is 2.38. The van der Waals surface area contributed by atoms with Gasteiger partial charge in [0.2, 0.25) is 5.91 Å². The van der Waals surface area contributed by atoms with E-state index < -0.39 is 0 Å². The smallest absolute Gasteiger partial charge is 0.224 e. The predicted molar refractivity (Wildman–Crippen MR) is 88.6 cm³/mol. The molecular formula is C16H26N4O. The van der Waals surface area contributed by atoms with E-state index in [1.807, 2.05) is 12.1 Å². The Morgan fingerprint density at radius 3 is 2.67 bits per heavy atom. The summed E-state index contributed by atoms with van der Waals surface area (Å²) in [5.41, 5.74) is 9.82. The summed E-state index contributed by atoms with van der Waals surface area (Å²) in [4.78, 5) is 13.7. The van der Waals surface area contributed by atoms with Crippen molar-refractivity contribution in [2.75, 3.05) is 37.0 Å². The Bertz CT molecular complexity index is 525. The second kappa shape index (κ2) is 6.35. The number of rotatable bonds is 5. The van der Waals surface area contributed by atoms with E-state index in [0.717, 1.165) is 35.6 Å². The zero-order valence-electron chi connectivity index (χ0n) is 13.4. The third kappa shape index (κ3) is 3.88. The number of hydrogen-bond donors (Lipinski definition) is 3. The largest absolute Gasteiger partial charge is 0.397 e. The van der Waals surface area contributed by atoms with Gasteiger partial charge in [0.05, 0.1) is 11.4 Å². The minimum Gasteiger partial charge on any atom is -0.397 e. The molecular weight excluding hydrogens is 264 g/mol. The van der Waals surface area contributed by atoms with E-state index in [4.69, 9.17) is 5.73 Å². The molecule has 1 aliphatic rings. The Balaban J connectivity index is 2.22. The SMILES string of the molecule is CC(C)C(CN(C)C)Nc1cc2c(cc1N)CCC(=O)N2. The van der Waals surface area contributed by atoms with E-state index in [1.54, 1.807) is 0 Å². The Kier molecular flexibility index (Phi) is 4.73. The molecule has 0 bridgehead atoms. The van der Waals surface area contributed by atoms with E-state index in [-0.39, 0.29) is 5.91 Å². The summed E-state index contributed by atoms with van der Waals surface area (Å²) in [6, 6.07) is 4.25. The number of nitrogens with one attached hydrogen (secondary N) is 2. The van der Waals surface area contributed by atoms with Crippen molar-refractivity contribution in [2.24, 2.45) is 5.92 Å². The quantitative estimate of drug-likeness (QED) is 0.727. The van der Waals surface area contributed by atoms with Crippen LogP contribution in [0, 0.1) is 5.92 Å². The fourth-order valence-corrected chi connectivity index (χ4v) is 2.59. The van der Waals surface area contributed by atoms with Crippen LogP contribution in [0.2, 0.25) is 0 Å². The number of nitrogens with zero attached hydrogens (tertiary/aromatic N) is 1. The molecule has 0 saturated heterocycles. The zero-order chi connectivity index (χ0) is 15.6. The maximum absolute atomic E-state index is 11.5. The van der Waals surface area contributed by atoms with Gasteiger partial charge in [-0.2, -0.15) is 0 Å². The van der Waals surface area contributed by atoms with E-state index >= 15 is 0 Å². The van der Waals surface area contributed by atoms with E-state index in [0.29, 0.717) is 18.4 Å². The van der Waals surface area contributed by atoms with Crippen LogP contribution in [0.4, 0.5) is 17.1 Å². The van der Waals surface area contributed by atoms with Crippen LogP contribution < -0.4 is 16.4 Å². The van der Waals surface area contributed by atoms with Crippen LogP contribution in [0.3, 0.4) is 0 Å². The molecule has 116 valence electrons. The lowest BCUT2D eigenvalue weighted by atomic mass is 9.99. The summed E-state index contributed by atoms with van der Waals surface area (Å²) < 4.78 is 0. The normalized spacial score (nSPS) is 15.8. The molecule has 4 N–H and O–H groups in total. The van der Waals surface area contributed by atoms with Crippen LogP contribution in [-0.2, 0) is 11.2 Å². The molecule has 5 nitrogen and oxygen atoms in total. The van der Waals surface area contributed by atoms with Gasteiger partial charge in [0.25, 0.3) is 0 Å². The fourth-order valence-electron chi connectivity index (χ4n) is 2.59. The molecule has 21 heavy (non-hydrogen) atoms. The number of anilines is 3. The summed E-state index contributed by atoms with van der Waals surface area (Å²) in [5.74, 6) is 0.560. The summed E-state index contributed by atoms with van der Waals surface area (Å²) in [6.45, 7) is 5.32. The van der Waals surface area contributed by atoms with E-state index in [9.17, 15) is 4.79 Å². The second-order valence-electron chi connectivity index (χ2n) is 6.40. The van der Waals surface area contributed by atoms with Crippen molar-refractivity contribution in [1.82, 2.24) is 4.90 Å². The van der Waals surface area contributed by atoms with Crippen molar-refractivity contribution in [1.29, 1.82) is 0 Å². The number of aryl methyl sites for hydroxylation is 1. The second-order valence-corrected chi connectivity index (χ2v) is 6.40. The number of amides is 1. The monoisotopic (exact) mass is 290 g/mol. The molecule has 2 rings (SSSR count). The molecule has 1 heterocycles. The van der Waals surface area contributed by atoms with Gasteiger partial charge in [-0.1, -0.05) is 13.8 Å². The van der Waals surface area contributed by atoms with Crippen molar-refractivity contribution in [3.63, 3.8) is 0 Å². The highest BCUT2D eigenvalue weighted by atomic mass is 16.1. The number of likely N-dealkylation sites (N-methyl/N-ethyl adjacent to an activating group) is 1. The average molecular weight is 290 g/mol. The van der Waals surface area contributed by atoms with Gasteiger partial charge < -0.3 is 21.3 Å². The van der Waals surface area contributed by atoms with Crippen molar-refractivity contribution < 1.29 is 4.79 Å². The fraction of sp³-hybridized carbons (Fsp3) is 0.562. The molecule has 0 fully saturated rings. The first-order chi connectivity index (χ1) is 9.86. The molecule has 5 heteroatoms. The maximum Gasteiger partial charge on any atom is 0.224 e. The lowest BCUT2D eigenvalue weighted by molar-refractivity contribution is -0.116. The standard InChI is InChI=1S/C16H26N4O/c1-10(2)15(9-20(3)4)18-14-8-13-11(7-12(14)17)5-6-16(21)19-13/h7-8,10,15,18H,5-6,9,17H2,1-4H3,(H,19,21). The molecule has 1 aromatic rings. The van der Waals surface area contributed by atoms with Crippen LogP contribution in [0.15, 0.2) is 12.1 Å². The first-order valence-corrected chi connectivity index (χ1v) is 7.50. The predicted octanol–water partition coefficient (Wildman–Crippen LogP) is 2.15. The molecule has 1 amide bonds. The molecule has 1 unspecified atom stereocenters. The van der Waals surface area contributed by atoms with Gasteiger partial charge in [-0.25, -0.2) is 0 Å². The molecule has 0 spiro atoms. The van der Waals surface area contributed by atoms with Crippen molar-refractivity contribution in [3.8, 4) is 0 Å². The van der Waals surface area contributed by atoms with Gasteiger partial charge in [-0.3, -0.25) is 4.79 Å². The van der Waals surface area contributed by atoms with Gasteiger partial charge in [-0.05, 0) is 44.1 Å². The van der Waals surface area contributed by atoms with E-state index in [1.165, 1.54) is 0 Å². The number of carbonyl (C=O) groups is 1. The first kappa shape index (κ1) is 15.6. The lowest BCUT2D eigenvalue weighted by Crippen LogP contribution is -2.36. The number of benzene rings is 1. The third-order valence-corrected chi connectivity index (χ3v) is 3.88. The molecule has 0 radical (unpaired) electrons. The highest BCUT2D eigenvalue weighted by Gasteiger charge is 2.19. The molecule has 1 aliphatic heterocycles. The number of fused-ring (bicyclic) bond motifs is 1. The van der Waals surface area contributed by atoms with Crippen LogP contribution >= 0.6 is 0 Å². The van der Waals surface area contributed by atoms with E-state index in [2.05, 4.69) is 43.5 Å². The van der Waals surface area contributed by atoms with Crippen LogP contribution in [0.5, 0.6) is 0 Å². The minimum absolute atomic E-state index is 0.0759. The van der Waals surface area contributed by atoms with Crippen molar-refractivity contribution >= 4 is 23.0 Å². The van der Waals surface area contributed by atoms with Gasteiger partial charge >= 0.3 is 0 Å². The minimum atomic E-state index is 0.0759. The van der Waals surface area contributed by atoms with Crippen molar-refractivity contribution in [3.05, 3.63) is 17.7 Å². The first-order valence-electron chi connectivity index (χ1n) is 7.50. The molecule has 0 aromatic heterocycles. The number of carbonyl (C=O) groups excluding carboxylic acids is 1. The van der Waals surface area contributed by atoms with Crippen LogP contribution in [-0.4, -0.2) is 37.5 Å². The molecule has 1 aromatic carbocycles. The Morgan fingerprint density at radius 2 is 2.05 bits per heavy atom. The molecule has 0 saturated carbocycles. The lowest BCUT2D eigenvalue weighted by Gasteiger charge is -2.28. The summed E-state index contributed by atoms with van der Waals surface area (Å²) >= 11 is 0. The number of nitrogens with two attached hydrogens (primary N) is 1. The Labute approximate surface area is 126 Å². The Hall–Kier alpha value is -1.75. The highest BCUT2D eigenvalue weighted by molar-refractivity contribution is 5.95. The van der Waals surface area contributed by atoms with Gasteiger partial charge in [-0.15, -0.1) is 0 Å². The van der Waals surface area contributed by atoms with Gasteiger partial charge in [0.1, 0.15) is 0 Å². The number of nitrogen functional groups attached to an aromatic ring is 1. The van der Waals surface area contributed by atoms with Crippen molar-refractivity contribution in [2.45, 2.75) is 32.7 Å². The topological polar surface area (TPSA) is 70.4 Å². The van der Waals surface area contributed by atoms with Gasteiger partial charge in [0, 0.05) is 24.7 Å². The summed E-state index contributed by atoms with van der Waals surface area (Å²) in [7, 11) is 4.13. The summed E-state index contributed by atoms with van der Waals surface area (Å²) in [6.07, 6.45) is 1.30. The third-order valence-electron chi connectivity index (χ3n) is 3.88. The molecule has 1 atom stereocenters. The zero-order valence-corrected chi connectivity index (χ0v) is 13.4. The molecule has 0 aliphatic carbocycles. The summed E-state index contributed by atoms with van der Waals surface area (Å²) in [5, 5.41) is 6.45. The highest BCUT2D eigenvalue weighted by Crippen LogP contribution is 2.31. The van der Waals surface area contributed by atoms with Crippen LogP contribution in [0.25, 0.3) is 0 Å².